The van der Waals surface area contributed by atoms with Crippen LogP contribution in [0.15, 0.2) is 46.2 Å². The van der Waals surface area contributed by atoms with Gasteiger partial charge < -0.3 is 9.11 Å². The molecule has 84 valence electrons. The number of benzene rings is 2. The Bertz CT molecular complexity index is 594. The normalized spacial score (nSPS) is 14.9. The van der Waals surface area contributed by atoms with Gasteiger partial charge in [0.05, 0.1) is 0 Å². The summed E-state index contributed by atoms with van der Waals surface area (Å²) < 4.78 is 43.6. The van der Waals surface area contributed by atoms with E-state index in [-0.39, 0.29) is 9.79 Å². The molecular formula is C10H6O4S2-2. The summed E-state index contributed by atoms with van der Waals surface area (Å²) in [5.41, 5.74) is 0. The van der Waals surface area contributed by atoms with E-state index in [1.54, 1.807) is 24.3 Å². The van der Waals surface area contributed by atoms with Gasteiger partial charge in [-0.3, -0.25) is 8.42 Å². The Morgan fingerprint density at radius 1 is 0.938 bits per heavy atom. The first kappa shape index (κ1) is 11.4. The Morgan fingerprint density at radius 2 is 1.62 bits per heavy atom. The summed E-state index contributed by atoms with van der Waals surface area (Å²) in [5.74, 6) is 0. The average molecular weight is 254 g/mol. The highest BCUT2D eigenvalue weighted by molar-refractivity contribution is 7.80. The maximum absolute atomic E-state index is 11.0. The number of hydrogen-bond donors (Lipinski definition) is 0. The van der Waals surface area contributed by atoms with Gasteiger partial charge >= 0.3 is 0 Å². The molecule has 0 fully saturated rings. The van der Waals surface area contributed by atoms with Crippen molar-refractivity contribution in [3.05, 3.63) is 36.4 Å². The third-order valence-corrected chi connectivity index (χ3v) is 3.49. The van der Waals surface area contributed by atoms with Gasteiger partial charge in [0.25, 0.3) is 0 Å². The molecule has 6 heteroatoms. The zero-order chi connectivity index (χ0) is 11.7. The second-order valence-corrected chi connectivity index (χ2v) is 4.96. The predicted octanol–water partition coefficient (Wildman–Crippen LogP) is 1.32. The molecule has 2 aromatic rings. The molecular weight excluding hydrogens is 248 g/mol. The first-order chi connectivity index (χ1) is 7.59. The molecule has 0 aliphatic heterocycles. The van der Waals surface area contributed by atoms with E-state index in [1.807, 2.05) is 0 Å². The highest BCUT2D eigenvalue weighted by atomic mass is 32.2. The monoisotopic (exact) mass is 254 g/mol. The molecule has 0 N–H and O–H groups in total. The second kappa shape index (κ2) is 4.42. The van der Waals surface area contributed by atoms with Crippen LogP contribution in [-0.2, 0) is 22.2 Å². The van der Waals surface area contributed by atoms with Crippen LogP contribution in [-0.4, -0.2) is 17.5 Å². The second-order valence-electron chi connectivity index (χ2n) is 3.11. The molecule has 2 unspecified atom stereocenters. The van der Waals surface area contributed by atoms with Crippen molar-refractivity contribution < 1.29 is 17.5 Å². The summed E-state index contributed by atoms with van der Waals surface area (Å²) in [6.07, 6.45) is 0. The molecule has 0 amide bonds. The molecule has 4 nitrogen and oxygen atoms in total. The number of hydrogen-bond acceptors (Lipinski definition) is 4. The Morgan fingerprint density at radius 3 is 2.25 bits per heavy atom. The van der Waals surface area contributed by atoms with Gasteiger partial charge in [0.1, 0.15) is 0 Å². The molecule has 2 atom stereocenters. The molecule has 0 aliphatic carbocycles. The summed E-state index contributed by atoms with van der Waals surface area (Å²) in [5, 5.41) is 1.11. The van der Waals surface area contributed by atoms with E-state index in [2.05, 4.69) is 0 Å². The first-order valence-electron chi connectivity index (χ1n) is 4.31. The molecule has 0 bridgehead atoms. The molecule has 0 aliphatic rings. The minimum absolute atomic E-state index is 0.00250. The van der Waals surface area contributed by atoms with Gasteiger partial charge in [-0.15, -0.1) is 0 Å². The van der Waals surface area contributed by atoms with E-state index in [4.69, 9.17) is 0 Å². The lowest BCUT2D eigenvalue weighted by molar-refractivity contribution is 0.535. The van der Waals surface area contributed by atoms with E-state index in [9.17, 15) is 17.5 Å². The molecule has 2 aromatic carbocycles. The van der Waals surface area contributed by atoms with Crippen molar-refractivity contribution in [1.82, 2.24) is 0 Å². The van der Waals surface area contributed by atoms with E-state index >= 15 is 0 Å². The maximum atomic E-state index is 11.0. The Labute approximate surface area is 96.9 Å². The topological polar surface area (TPSA) is 80.3 Å². The largest absolute Gasteiger partial charge is 0.768 e. The number of rotatable bonds is 2. The summed E-state index contributed by atoms with van der Waals surface area (Å²) in [6.45, 7) is 0. The van der Waals surface area contributed by atoms with Gasteiger partial charge in [-0.25, -0.2) is 0 Å². The van der Waals surface area contributed by atoms with Crippen molar-refractivity contribution in [2.45, 2.75) is 9.79 Å². The quantitative estimate of drug-likeness (QED) is 0.757. The summed E-state index contributed by atoms with van der Waals surface area (Å²) in [6, 6.07) is 9.31. The van der Waals surface area contributed by atoms with Gasteiger partial charge in [-0.05, 0) is 45.1 Å². The highest BCUT2D eigenvalue weighted by Gasteiger charge is 2.04. The molecule has 0 saturated carbocycles. The van der Waals surface area contributed by atoms with Crippen LogP contribution in [0.1, 0.15) is 0 Å². The van der Waals surface area contributed by atoms with Gasteiger partial charge in [-0.1, -0.05) is 24.3 Å². The summed E-state index contributed by atoms with van der Waals surface area (Å²) in [7, 11) is 0. The lowest BCUT2D eigenvalue weighted by Gasteiger charge is -2.13. The van der Waals surface area contributed by atoms with Crippen LogP contribution >= 0.6 is 0 Å². The maximum Gasteiger partial charge on any atom is 0.0338 e. The molecule has 0 heterocycles. The molecule has 0 aromatic heterocycles. The lowest BCUT2D eigenvalue weighted by atomic mass is 10.1. The van der Waals surface area contributed by atoms with Gasteiger partial charge in [0.15, 0.2) is 0 Å². The Balaban J connectivity index is 2.84. The molecule has 16 heavy (non-hydrogen) atoms. The Hall–Kier alpha value is -1.08. The van der Waals surface area contributed by atoms with E-state index in [1.165, 1.54) is 6.07 Å². The fraction of sp³-hybridized carbons (Fsp3) is 0. The first-order valence-corrected chi connectivity index (χ1v) is 6.46. The van der Waals surface area contributed by atoms with Crippen LogP contribution in [0, 0.1) is 0 Å². The SMILES string of the molecule is O=S([O-])c1cc(S(=O)[O-])c2ccccc2c1. The lowest BCUT2D eigenvalue weighted by Crippen LogP contribution is -1.95. The van der Waals surface area contributed by atoms with Crippen molar-refractivity contribution in [3.8, 4) is 0 Å². The van der Waals surface area contributed by atoms with Crippen LogP contribution in [0.3, 0.4) is 0 Å². The smallest absolute Gasteiger partial charge is 0.0338 e. The van der Waals surface area contributed by atoms with Crippen LogP contribution in [0.2, 0.25) is 0 Å². The third kappa shape index (κ3) is 2.05. The van der Waals surface area contributed by atoms with Crippen molar-refractivity contribution >= 4 is 32.9 Å². The van der Waals surface area contributed by atoms with Gasteiger partial charge in [0, 0.05) is 9.79 Å². The van der Waals surface area contributed by atoms with Gasteiger partial charge in [0.2, 0.25) is 0 Å². The number of fused-ring (bicyclic) bond motifs is 1. The zero-order valence-electron chi connectivity index (χ0n) is 7.91. The molecule has 0 spiro atoms. The molecule has 0 radical (unpaired) electrons. The van der Waals surface area contributed by atoms with Crippen molar-refractivity contribution in [1.29, 1.82) is 0 Å². The van der Waals surface area contributed by atoms with Crippen molar-refractivity contribution in [2.24, 2.45) is 0 Å². The molecule has 2 rings (SSSR count). The van der Waals surface area contributed by atoms with Crippen LogP contribution in [0.25, 0.3) is 10.8 Å². The third-order valence-electron chi connectivity index (χ3n) is 2.17. The fourth-order valence-corrected chi connectivity index (χ4v) is 2.58. The van der Waals surface area contributed by atoms with Crippen LogP contribution < -0.4 is 0 Å². The van der Waals surface area contributed by atoms with Crippen molar-refractivity contribution in [3.63, 3.8) is 0 Å². The van der Waals surface area contributed by atoms with E-state index in [0.717, 1.165) is 6.07 Å². The predicted molar refractivity (Wildman–Crippen MR) is 58.3 cm³/mol. The van der Waals surface area contributed by atoms with Crippen LogP contribution in [0.4, 0.5) is 0 Å². The zero-order valence-corrected chi connectivity index (χ0v) is 9.55. The van der Waals surface area contributed by atoms with E-state index < -0.39 is 22.2 Å². The van der Waals surface area contributed by atoms with Gasteiger partial charge in [-0.2, -0.15) is 0 Å². The summed E-state index contributed by atoms with van der Waals surface area (Å²) in [4.78, 5) is -0.0322. The average Bonchev–Trinajstić information content (AvgIpc) is 2.27. The minimum Gasteiger partial charge on any atom is -0.768 e. The van der Waals surface area contributed by atoms with Crippen molar-refractivity contribution in [2.75, 3.05) is 0 Å². The van der Waals surface area contributed by atoms with E-state index in [0.29, 0.717) is 10.8 Å². The molecule has 0 saturated heterocycles. The fourth-order valence-electron chi connectivity index (χ4n) is 1.48. The minimum atomic E-state index is -2.45. The summed E-state index contributed by atoms with van der Waals surface area (Å²) >= 11 is -4.89. The Kier molecular flexibility index (Phi) is 3.15. The van der Waals surface area contributed by atoms with Crippen LogP contribution in [0.5, 0.6) is 0 Å². The highest BCUT2D eigenvalue weighted by Crippen LogP contribution is 2.24. The standard InChI is InChI=1S/C10H8O4S2/c11-15(12)8-5-7-3-1-2-4-9(7)10(6-8)16(13)14/h1-6H,(H,11,12)(H,13,14)/p-2.